The lowest BCUT2D eigenvalue weighted by Crippen LogP contribution is -2.24. The molecule has 0 aliphatic heterocycles. The molecule has 0 aliphatic rings. The van der Waals surface area contributed by atoms with Gasteiger partial charge in [0.05, 0.1) is 7.11 Å². The van der Waals surface area contributed by atoms with E-state index in [0.717, 1.165) is 39.7 Å². The summed E-state index contributed by atoms with van der Waals surface area (Å²) in [7, 11) is -2.53. The molecule has 3 rings (SSSR count). The molecule has 33 heavy (non-hydrogen) atoms. The van der Waals surface area contributed by atoms with E-state index in [-0.39, 0.29) is 28.7 Å². The minimum absolute atomic E-state index is 0.0872. The predicted octanol–water partition coefficient (Wildman–Crippen LogP) is 5.31. The number of hydrogen-bond acceptors (Lipinski definition) is 4. The van der Waals surface area contributed by atoms with E-state index in [2.05, 4.69) is 26.0 Å². The van der Waals surface area contributed by atoms with Crippen LogP contribution in [0, 0.1) is 0 Å². The Balaban J connectivity index is 1.91. The fourth-order valence-corrected chi connectivity index (χ4v) is 5.27. The molecule has 3 aromatic rings. The van der Waals surface area contributed by atoms with Crippen molar-refractivity contribution in [1.29, 1.82) is 0 Å². The van der Waals surface area contributed by atoms with Crippen LogP contribution in [0.3, 0.4) is 0 Å². The van der Waals surface area contributed by atoms with Crippen molar-refractivity contribution < 1.29 is 17.9 Å². The minimum Gasteiger partial charge on any atom is -0.495 e. The van der Waals surface area contributed by atoms with E-state index in [0.29, 0.717) is 0 Å². The van der Waals surface area contributed by atoms with E-state index in [1.165, 1.54) is 19.2 Å². The molecule has 0 saturated carbocycles. The van der Waals surface area contributed by atoms with Gasteiger partial charge >= 0.3 is 0 Å². The fraction of sp³-hybridized carbons (Fsp3) is 0.240. The monoisotopic (exact) mass is 530 g/mol. The average molecular weight is 531 g/mol. The van der Waals surface area contributed by atoms with Crippen LogP contribution in [0.2, 0.25) is 0 Å². The number of aryl methyl sites for hydroxylation is 2. The Hall–Kier alpha value is -2.68. The summed E-state index contributed by atoms with van der Waals surface area (Å²) in [5, 5.41) is 2.98. The number of benzene rings is 3. The van der Waals surface area contributed by atoms with Crippen LogP contribution < -0.4 is 14.8 Å². The van der Waals surface area contributed by atoms with Gasteiger partial charge in [-0.1, -0.05) is 60.1 Å². The third-order valence-corrected chi connectivity index (χ3v) is 7.17. The van der Waals surface area contributed by atoms with Gasteiger partial charge in [-0.2, -0.15) is 0 Å². The molecule has 0 heterocycles. The standard InChI is InChI=1S/C25H27BrN2O4S/c1-4-18-13-21(26)14-19(5-2)24(18)28-25(29)20-11-12-22(32-3)23(15-20)33(30,31)27-16-17-9-7-6-8-10-17/h6-15,27H,4-5,16H2,1-3H3,(H,28,29). The van der Waals surface area contributed by atoms with Crippen LogP contribution in [0.15, 0.2) is 70.0 Å². The molecule has 8 heteroatoms. The van der Waals surface area contributed by atoms with Crippen molar-refractivity contribution in [2.45, 2.75) is 38.1 Å². The van der Waals surface area contributed by atoms with E-state index < -0.39 is 10.0 Å². The Labute approximate surface area is 203 Å². The van der Waals surface area contributed by atoms with Crippen LogP contribution in [0.25, 0.3) is 0 Å². The van der Waals surface area contributed by atoms with Gasteiger partial charge in [-0.3, -0.25) is 4.79 Å². The minimum atomic E-state index is -3.92. The molecular weight excluding hydrogens is 504 g/mol. The summed E-state index contributed by atoms with van der Waals surface area (Å²) in [6, 6.07) is 17.6. The third kappa shape index (κ3) is 6.01. The third-order valence-electron chi connectivity index (χ3n) is 5.29. The van der Waals surface area contributed by atoms with Gasteiger partial charge < -0.3 is 10.1 Å². The average Bonchev–Trinajstić information content (AvgIpc) is 2.83. The first-order valence-corrected chi connectivity index (χ1v) is 12.9. The summed E-state index contributed by atoms with van der Waals surface area (Å²) in [5.41, 5.74) is 3.81. The molecule has 0 fully saturated rings. The summed E-state index contributed by atoms with van der Waals surface area (Å²) in [5.74, 6) is -0.219. The normalized spacial score (nSPS) is 11.3. The van der Waals surface area contributed by atoms with Crippen molar-refractivity contribution in [3.8, 4) is 5.75 Å². The first kappa shape index (κ1) is 25.0. The molecular formula is C25H27BrN2O4S. The van der Waals surface area contributed by atoms with Crippen LogP contribution >= 0.6 is 15.9 Å². The number of rotatable bonds is 9. The zero-order valence-electron chi connectivity index (χ0n) is 18.8. The SMILES string of the molecule is CCc1cc(Br)cc(CC)c1NC(=O)c1ccc(OC)c(S(=O)(=O)NCc2ccccc2)c1. The quantitative estimate of drug-likeness (QED) is 0.392. The predicted molar refractivity (Wildman–Crippen MR) is 134 cm³/mol. The Morgan fingerprint density at radius 3 is 2.18 bits per heavy atom. The topological polar surface area (TPSA) is 84.5 Å². The number of sulfonamides is 1. The highest BCUT2D eigenvalue weighted by Crippen LogP contribution is 2.29. The number of methoxy groups -OCH3 is 1. The molecule has 0 aliphatic carbocycles. The summed E-state index contributed by atoms with van der Waals surface area (Å²) < 4.78 is 34.9. The molecule has 0 aromatic heterocycles. The van der Waals surface area contributed by atoms with E-state index in [9.17, 15) is 13.2 Å². The molecule has 6 nitrogen and oxygen atoms in total. The van der Waals surface area contributed by atoms with Crippen molar-refractivity contribution in [2.24, 2.45) is 0 Å². The zero-order valence-corrected chi connectivity index (χ0v) is 21.2. The van der Waals surface area contributed by atoms with Crippen LogP contribution in [-0.4, -0.2) is 21.4 Å². The van der Waals surface area contributed by atoms with E-state index in [1.807, 2.05) is 56.3 Å². The molecule has 0 atom stereocenters. The second-order valence-electron chi connectivity index (χ2n) is 7.44. The van der Waals surface area contributed by atoms with Crippen LogP contribution in [0.4, 0.5) is 5.69 Å². The molecule has 1 amide bonds. The summed E-state index contributed by atoms with van der Waals surface area (Å²) in [4.78, 5) is 13.0. The van der Waals surface area contributed by atoms with Gasteiger partial charge in [0.15, 0.2) is 0 Å². The second-order valence-corrected chi connectivity index (χ2v) is 10.1. The lowest BCUT2D eigenvalue weighted by atomic mass is 10.0. The largest absolute Gasteiger partial charge is 0.495 e. The van der Waals surface area contributed by atoms with Gasteiger partial charge in [0.1, 0.15) is 10.6 Å². The maximum Gasteiger partial charge on any atom is 0.255 e. The lowest BCUT2D eigenvalue weighted by molar-refractivity contribution is 0.102. The van der Waals surface area contributed by atoms with Gasteiger partial charge in [-0.05, 0) is 59.9 Å². The van der Waals surface area contributed by atoms with Crippen LogP contribution in [-0.2, 0) is 29.4 Å². The van der Waals surface area contributed by atoms with Gasteiger partial charge in [0.25, 0.3) is 5.91 Å². The maximum absolute atomic E-state index is 13.1. The second kappa shape index (κ2) is 11.0. The highest BCUT2D eigenvalue weighted by atomic mass is 79.9. The van der Waals surface area contributed by atoms with E-state index in [4.69, 9.17) is 4.74 Å². The van der Waals surface area contributed by atoms with Gasteiger partial charge in [-0.25, -0.2) is 13.1 Å². The number of amides is 1. The molecule has 0 saturated heterocycles. The van der Waals surface area contributed by atoms with Gasteiger partial charge in [0, 0.05) is 22.3 Å². The van der Waals surface area contributed by atoms with E-state index >= 15 is 0 Å². The Bertz CT molecular complexity index is 1220. The van der Waals surface area contributed by atoms with Gasteiger partial charge in [0.2, 0.25) is 10.0 Å². The first-order chi connectivity index (χ1) is 15.8. The van der Waals surface area contributed by atoms with Crippen molar-refractivity contribution >= 4 is 37.5 Å². The molecule has 0 unspecified atom stereocenters. The number of nitrogens with one attached hydrogen (secondary N) is 2. The number of ether oxygens (including phenoxy) is 1. The first-order valence-electron chi connectivity index (χ1n) is 10.6. The van der Waals surface area contributed by atoms with Crippen molar-refractivity contribution in [1.82, 2.24) is 4.72 Å². The number of carbonyl (C=O) groups is 1. The van der Waals surface area contributed by atoms with Crippen molar-refractivity contribution in [3.63, 3.8) is 0 Å². The fourth-order valence-electron chi connectivity index (χ4n) is 3.51. The number of halogens is 1. The van der Waals surface area contributed by atoms with Gasteiger partial charge in [-0.15, -0.1) is 0 Å². The molecule has 2 N–H and O–H groups in total. The van der Waals surface area contributed by atoms with Crippen molar-refractivity contribution in [2.75, 3.05) is 12.4 Å². The molecule has 174 valence electrons. The Morgan fingerprint density at radius 2 is 1.61 bits per heavy atom. The van der Waals surface area contributed by atoms with Crippen molar-refractivity contribution in [3.05, 3.63) is 87.4 Å². The molecule has 0 radical (unpaired) electrons. The van der Waals surface area contributed by atoms with Crippen LogP contribution in [0.5, 0.6) is 5.75 Å². The number of hydrogen-bond donors (Lipinski definition) is 2. The zero-order chi connectivity index (χ0) is 24.0. The molecule has 3 aromatic carbocycles. The van der Waals surface area contributed by atoms with E-state index in [1.54, 1.807) is 6.07 Å². The van der Waals surface area contributed by atoms with Crippen LogP contribution in [0.1, 0.15) is 40.9 Å². The highest BCUT2D eigenvalue weighted by molar-refractivity contribution is 9.10. The lowest BCUT2D eigenvalue weighted by Gasteiger charge is -2.16. The Kier molecular flexibility index (Phi) is 8.29. The molecule has 0 spiro atoms. The summed E-state index contributed by atoms with van der Waals surface area (Å²) in [6.07, 6.45) is 1.49. The summed E-state index contributed by atoms with van der Waals surface area (Å²) >= 11 is 3.52. The smallest absolute Gasteiger partial charge is 0.255 e. The summed E-state index contributed by atoms with van der Waals surface area (Å²) in [6.45, 7) is 4.17. The molecule has 0 bridgehead atoms. The Morgan fingerprint density at radius 1 is 0.970 bits per heavy atom. The number of anilines is 1. The maximum atomic E-state index is 13.1. The highest BCUT2D eigenvalue weighted by Gasteiger charge is 2.22. The number of carbonyl (C=O) groups excluding carboxylic acids is 1.